The molecular formula is C22H15ClN6OS. The van der Waals surface area contributed by atoms with Gasteiger partial charge >= 0.3 is 0 Å². The van der Waals surface area contributed by atoms with Crippen molar-refractivity contribution in [3.05, 3.63) is 90.0 Å². The molecular weight excluding hydrogens is 432 g/mol. The van der Waals surface area contributed by atoms with Crippen LogP contribution in [0.4, 0.5) is 0 Å². The molecule has 0 saturated carbocycles. The number of aromatic nitrogens is 6. The first-order valence-corrected chi connectivity index (χ1v) is 10.8. The van der Waals surface area contributed by atoms with E-state index < -0.39 is 0 Å². The first-order valence-electron chi connectivity index (χ1n) is 9.40. The number of pyridine rings is 1. The van der Waals surface area contributed by atoms with E-state index in [9.17, 15) is 0 Å². The van der Waals surface area contributed by atoms with Gasteiger partial charge in [-0.2, -0.15) is 4.98 Å². The quantitative estimate of drug-likeness (QED) is 0.326. The Balaban J connectivity index is 1.45. The van der Waals surface area contributed by atoms with Crippen molar-refractivity contribution in [1.29, 1.82) is 0 Å². The molecule has 0 fully saturated rings. The Labute approximate surface area is 187 Å². The van der Waals surface area contributed by atoms with Crippen molar-refractivity contribution in [3.63, 3.8) is 0 Å². The minimum atomic E-state index is 0.460. The molecule has 0 aliphatic carbocycles. The van der Waals surface area contributed by atoms with Gasteiger partial charge in [0.25, 0.3) is 0 Å². The van der Waals surface area contributed by atoms with Crippen molar-refractivity contribution >= 4 is 23.4 Å². The molecule has 3 aromatic heterocycles. The molecule has 0 saturated heterocycles. The Morgan fingerprint density at radius 1 is 0.871 bits per heavy atom. The summed E-state index contributed by atoms with van der Waals surface area (Å²) in [5.74, 6) is 2.25. The minimum Gasteiger partial charge on any atom is -0.338 e. The monoisotopic (exact) mass is 446 g/mol. The number of rotatable bonds is 6. The van der Waals surface area contributed by atoms with E-state index in [1.54, 1.807) is 12.4 Å². The number of benzene rings is 2. The molecule has 9 heteroatoms. The van der Waals surface area contributed by atoms with Gasteiger partial charge in [-0.05, 0) is 36.4 Å². The molecule has 0 atom stereocenters. The number of thioether (sulfide) groups is 1. The van der Waals surface area contributed by atoms with Gasteiger partial charge in [0.2, 0.25) is 11.7 Å². The smallest absolute Gasteiger partial charge is 0.237 e. The Kier molecular flexibility index (Phi) is 5.47. The van der Waals surface area contributed by atoms with Crippen LogP contribution in [0.5, 0.6) is 0 Å². The molecule has 0 aliphatic rings. The second-order valence-electron chi connectivity index (χ2n) is 6.52. The van der Waals surface area contributed by atoms with Crippen molar-refractivity contribution < 1.29 is 4.52 Å². The van der Waals surface area contributed by atoms with Crippen LogP contribution in [0.15, 0.2) is 88.8 Å². The molecule has 2 aromatic carbocycles. The highest BCUT2D eigenvalue weighted by atomic mass is 35.5. The number of halogens is 1. The van der Waals surface area contributed by atoms with E-state index in [-0.39, 0.29) is 0 Å². The third-order valence-corrected chi connectivity index (χ3v) is 5.65. The molecule has 0 amide bonds. The van der Waals surface area contributed by atoms with Crippen LogP contribution in [0.1, 0.15) is 5.89 Å². The molecule has 0 bridgehead atoms. The van der Waals surface area contributed by atoms with Crippen LogP contribution >= 0.6 is 23.4 Å². The van der Waals surface area contributed by atoms with Gasteiger partial charge in [-0.3, -0.25) is 9.55 Å². The predicted molar refractivity (Wildman–Crippen MR) is 119 cm³/mol. The van der Waals surface area contributed by atoms with Gasteiger partial charge in [-0.25, -0.2) is 0 Å². The molecule has 3 heterocycles. The van der Waals surface area contributed by atoms with Crippen molar-refractivity contribution in [2.45, 2.75) is 10.9 Å². The molecule has 0 spiro atoms. The van der Waals surface area contributed by atoms with E-state index in [1.165, 1.54) is 11.8 Å². The number of hydrogen-bond acceptors (Lipinski definition) is 7. The maximum atomic E-state index is 6.08. The third-order valence-electron chi connectivity index (χ3n) is 4.48. The first-order chi connectivity index (χ1) is 15.3. The maximum absolute atomic E-state index is 6.08. The summed E-state index contributed by atoms with van der Waals surface area (Å²) >= 11 is 7.55. The lowest BCUT2D eigenvalue weighted by Gasteiger charge is -2.10. The second-order valence-corrected chi connectivity index (χ2v) is 7.90. The van der Waals surface area contributed by atoms with Crippen molar-refractivity contribution in [1.82, 2.24) is 29.9 Å². The Morgan fingerprint density at radius 3 is 2.42 bits per heavy atom. The van der Waals surface area contributed by atoms with E-state index >= 15 is 0 Å². The Morgan fingerprint density at radius 2 is 1.65 bits per heavy atom. The summed E-state index contributed by atoms with van der Waals surface area (Å²) < 4.78 is 7.41. The highest BCUT2D eigenvalue weighted by Gasteiger charge is 2.18. The average Bonchev–Trinajstić information content (AvgIpc) is 3.47. The van der Waals surface area contributed by atoms with E-state index in [0.717, 1.165) is 16.8 Å². The van der Waals surface area contributed by atoms with Crippen molar-refractivity contribution in [2.75, 3.05) is 0 Å². The number of nitrogens with zero attached hydrogens (tertiary/aromatic N) is 6. The van der Waals surface area contributed by atoms with Gasteiger partial charge in [-0.15, -0.1) is 10.2 Å². The topological polar surface area (TPSA) is 82.5 Å². The summed E-state index contributed by atoms with van der Waals surface area (Å²) in [6, 6.07) is 21.1. The average molecular weight is 447 g/mol. The fourth-order valence-corrected chi connectivity index (χ4v) is 3.93. The highest BCUT2D eigenvalue weighted by Crippen LogP contribution is 2.30. The molecule has 31 heavy (non-hydrogen) atoms. The standard InChI is InChI=1S/C22H15ClN6OS/c23-17-6-8-18(9-7-17)29-21(16-10-12-24-13-11-16)26-27-22(29)31-14-19-25-20(28-30-19)15-4-2-1-3-5-15/h1-13H,14H2. The van der Waals surface area contributed by atoms with Crippen LogP contribution in [0.25, 0.3) is 28.5 Å². The minimum absolute atomic E-state index is 0.460. The second kappa shape index (κ2) is 8.71. The van der Waals surface area contributed by atoms with Gasteiger partial charge in [0.15, 0.2) is 11.0 Å². The lowest BCUT2D eigenvalue weighted by molar-refractivity contribution is 0.391. The Bertz CT molecular complexity index is 1290. The molecule has 0 radical (unpaired) electrons. The van der Waals surface area contributed by atoms with Crippen molar-refractivity contribution in [2.24, 2.45) is 0 Å². The van der Waals surface area contributed by atoms with Crippen LogP contribution in [0, 0.1) is 0 Å². The van der Waals surface area contributed by atoms with E-state index in [4.69, 9.17) is 16.1 Å². The molecule has 152 valence electrons. The van der Waals surface area contributed by atoms with Gasteiger partial charge in [0, 0.05) is 34.2 Å². The molecule has 0 aliphatic heterocycles. The number of hydrogen-bond donors (Lipinski definition) is 0. The van der Waals surface area contributed by atoms with Crippen LogP contribution in [-0.2, 0) is 5.75 Å². The predicted octanol–water partition coefficient (Wildman–Crippen LogP) is 5.33. The fourth-order valence-electron chi connectivity index (χ4n) is 3.02. The first kappa shape index (κ1) is 19.5. The highest BCUT2D eigenvalue weighted by molar-refractivity contribution is 7.98. The summed E-state index contributed by atoms with van der Waals surface area (Å²) in [7, 11) is 0. The third kappa shape index (κ3) is 4.21. The van der Waals surface area contributed by atoms with Crippen LogP contribution in [-0.4, -0.2) is 29.9 Å². The maximum Gasteiger partial charge on any atom is 0.237 e. The van der Waals surface area contributed by atoms with Crippen LogP contribution in [0.2, 0.25) is 5.02 Å². The normalized spacial score (nSPS) is 11.0. The summed E-state index contributed by atoms with van der Waals surface area (Å²) in [5.41, 5.74) is 2.72. The summed E-state index contributed by atoms with van der Waals surface area (Å²) in [5, 5.41) is 14.3. The zero-order valence-electron chi connectivity index (χ0n) is 16.1. The lowest BCUT2D eigenvalue weighted by Crippen LogP contribution is -2.00. The molecule has 7 nitrogen and oxygen atoms in total. The van der Waals surface area contributed by atoms with Gasteiger partial charge in [0.1, 0.15) is 0 Å². The summed E-state index contributed by atoms with van der Waals surface area (Å²) in [6.07, 6.45) is 3.46. The van der Waals surface area contributed by atoms with Crippen molar-refractivity contribution in [3.8, 4) is 28.5 Å². The largest absolute Gasteiger partial charge is 0.338 e. The zero-order chi connectivity index (χ0) is 21.0. The van der Waals surface area contributed by atoms with Crippen LogP contribution < -0.4 is 0 Å². The molecule has 5 rings (SSSR count). The van der Waals surface area contributed by atoms with E-state index in [2.05, 4.69) is 25.3 Å². The lowest BCUT2D eigenvalue weighted by atomic mass is 10.2. The molecule has 0 N–H and O–H groups in total. The fraction of sp³-hybridized carbons (Fsp3) is 0.0455. The molecule has 0 unspecified atom stereocenters. The van der Waals surface area contributed by atoms with Gasteiger partial charge in [-0.1, -0.05) is 58.9 Å². The summed E-state index contributed by atoms with van der Waals surface area (Å²) in [6.45, 7) is 0. The zero-order valence-corrected chi connectivity index (χ0v) is 17.7. The van der Waals surface area contributed by atoms with Crippen LogP contribution in [0.3, 0.4) is 0 Å². The van der Waals surface area contributed by atoms with Gasteiger partial charge in [0.05, 0.1) is 5.75 Å². The van der Waals surface area contributed by atoms with E-state index in [1.807, 2.05) is 71.3 Å². The van der Waals surface area contributed by atoms with Gasteiger partial charge < -0.3 is 4.52 Å². The molecule has 5 aromatic rings. The Hall–Kier alpha value is -3.49. The SMILES string of the molecule is Clc1ccc(-n2c(SCc3nc(-c4ccccc4)no3)nnc2-c2ccncc2)cc1. The van der Waals surface area contributed by atoms with E-state index in [0.29, 0.717) is 33.5 Å². The summed E-state index contributed by atoms with van der Waals surface area (Å²) in [4.78, 5) is 8.58.